The fourth-order valence-electron chi connectivity index (χ4n) is 3.21. The van der Waals surface area contributed by atoms with Crippen LogP contribution in [0.3, 0.4) is 0 Å². The van der Waals surface area contributed by atoms with Gasteiger partial charge >= 0.3 is 0 Å². The molecule has 1 saturated heterocycles. The number of nitrogens with one attached hydrogen (secondary N) is 1. The summed E-state index contributed by atoms with van der Waals surface area (Å²) < 4.78 is 0. The Morgan fingerprint density at radius 2 is 1.80 bits per heavy atom. The average molecular weight is 272 g/mol. The van der Waals surface area contributed by atoms with Gasteiger partial charge in [0.1, 0.15) is 0 Å². The third-order valence-electron chi connectivity index (χ3n) is 4.66. The topological polar surface area (TPSA) is 15.3 Å². The predicted molar refractivity (Wildman–Crippen MR) is 85.0 cm³/mol. The summed E-state index contributed by atoms with van der Waals surface area (Å²) >= 11 is 0. The van der Waals surface area contributed by atoms with Crippen molar-refractivity contribution in [1.29, 1.82) is 0 Å². The first-order chi connectivity index (χ1) is 9.81. The molecule has 1 aliphatic carbocycles. The summed E-state index contributed by atoms with van der Waals surface area (Å²) in [6.07, 6.45) is 6.98. The van der Waals surface area contributed by atoms with Crippen LogP contribution in [-0.4, -0.2) is 30.6 Å². The lowest BCUT2D eigenvalue weighted by molar-refractivity contribution is 0.209. The molecule has 1 aromatic rings. The summed E-state index contributed by atoms with van der Waals surface area (Å²) in [4.78, 5) is 2.61. The lowest BCUT2D eigenvalue weighted by Gasteiger charge is -2.29. The number of benzene rings is 1. The van der Waals surface area contributed by atoms with Gasteiger partial charge in [-0.25, -0.2) is 0 Å². The van der Waals surface area contributed by atoms with Crippen LogP contribution in [0.1, 0.15) is 56.1 Å². The van der Waals surface area contributed by atoms with Crippen molar-refractivity contribution in [3.8, 4) is 0 Å². The number of likely N-dealkylation sites (tertiary alicyclic amines) is 1. The predicted octanol–water partition coefficient (Wildman–Crippen LogP) is 3.53. The van der Waals surface area contributed by atoms with Gasteiger partial charge in [0.05, 0.1) is 0 Å². The molecule has 2 nitrogen and oxygen atoms in total. The standard InChI is InChI=1S/C18H28N2/c1-15(14-20-11-3-2-4-12-20)19-13-16-5-7-17(8-6-16)18-9-10-18/h5-8,15,18-19H,2-4,9-14H2,1H3. The van der Waals surface area contributed by atoms with Crippen molar-refractivity contribution in [2.75, 3.05) is 19.6 Å². The number of nitrogens with zero attached hydrogens (tertiary/aromatic N) is 1. The maximum Gasteiger partial charge on any atom is 0.0208 e. The molecule has 0 amide bonds. The zero-order chi connectivity index (χ0) is 13.8. The van der Waals surface area contributed by atoms with Gasteiger partial charge in [-0.3, -0.25) is 0 Å². The molecule has 2 fully saturated rings. The van der Waals surface area contributed by atoms with Crippen LogP contribution in [0.2, 0.25) is 0 Å². The van der Waals surface area contributed by atoms with Gasteiger partial charge in [-0.2, -0.15) is 0 Å². The highest BCUT2D eigenvalue weighted by molar-refractivity contribution is 5.27. The molecule has 0 aromatic heterocycles. The Labute approximate surface area is 123 Å². The fourth-order valence-corrected chi connectivity index (χ4v) is 3.21. The van der Waals surface area contributed by atoms with Gasteiger partial charge in [0.25, 0.3) is 0 Å². The van der Waals surface area contributed by atoms with Crippen LogP contribution in [0.4, 0.5) is 0 Å². The molecule has 110 valence electrons. The third kappa shape index (κ3) is 4.07. The molecular weight excluding hydrogens is 244 g/mol. The minimum absolute atomic E-state index is 0.580. The molecule has 2 aliphatic rings. The smallest absolute Gasteiger partial charge is 0.0208 e. The van der Waals surface area contributed by atoms with Crippen LogP contribution in [0, 0.1) is 0 Å². The summed E-state index contributed by atoms with van der Waals surface area (Å²) in [5, 5.41) is 3.67. The Kier molecular flexibility index (Phi) is 4.74. The SMILES string of the molecule is CC(CN1CCCCC1)NCc1ccc(C2CC2)cc1. The Balaban J connectivity index is 1.41. The van der Waals surface area contributed by atoms with E-state index in [1.165, 1.54) is 62.9 Å². The van der Waals surface area contributed by atoms with E-state index in [2.05, 4.69) is 41.4 Å². The van der Waals surface area contributed by atoms with Crippen molar-refractivity contribution < 1.29 is 0 Å². The van der Waals surface area contributed by atoms with Crippen LogP contribution >= 0.6 is 0 Å². The Bertz CT molecular complexity index is 402. The monoisotopic (exact) mass is 272 g/mol. The largest absolute Gasteiger partial charge is 0.309 e. The zero-order valence-electron chi connectivity index (χ0n) is 12.8. The van der Waals surface area contributed by atoms with Crippen molar-refractivity contribution in [2.45, 2.75) is 57.5 Å². The van der Waals surface area contributed by atoms with Gasteiger partial charge in [-0.15, -0.1) is 0 Å². The second-order valence-corrected chi connectivity index (χ2v) is 6.66. The molecule has 1 aliphatic heterocycles. The highest BCUT2D eigenvalue weighted by Crippen LogP contribution is 2.39. The molecule has 20 heavy (non-hydrogen) atoms. The number of hydrogen-bond acceptors (Lipinski definition) is 2. The van der Waals surface area contributed by atoms with Crippen molar-refractivity contribution in [1.82, 2.24) is 10.2 Å². The van der Waals surface area contributed by atoms with E-state index >= 15 is 0 Å². The van der Waals surface area contributed by atoms with Crippen LogP contribution in [-0.2, 0) is 6.54 Å². The molecule has 1 aromatic carbocycles. The van der Waals surface area contributed by atoms with E-state index in [1.807, 2.05) is 0 Å². The summed E-state index contributed by atoms with van der Waals surface area (Å²) in [6, 6.07) is 9.83. The molecule has 1 saturated carbocycles. The van der Waals surface area contributed by atoms with Gasteiger partial charge < -0.3 is 10.2 Å². The molecular formula is C18H28N2. The number of rotatable bonds is 6. The fraction of sp³-hybridized carbons (Fsp3) is 0.667. The lowest BCUT2D eigenvalue weighted by atomic mass is 10.1. The van der Waals surface area contributed by atoms with Crippen molar-refractivity contribution >= 4 is 0 Å². The first-order valence-corrected chi connectivity index (χ1v) is 8.36. The van der Waals surface area contributed by atoms with E-state index < -0.39 is 0 Å². The van der Waals surface area contributed by atoms with E-state index in [9.17, 15) is 0 Å². The van der Waals surface area contributed by atoms with Crippen molar-refractivity contribution in [2.24, 2.45) is 0 Å². The maximum atomic E-state index is 3.67. The third-order valence-corrected chi connectivity index (χ3v) is 4.66. The van der Waals surface area contributed by atoms with Crippen molar-refractivity contribution in [3.05, 3.63) is 35.4 Å². The van der Waals surface area contributed by atoms with Gasteiger partial charge in [-0.05, 0) is 62.7 Å². The summed E-state index contributed by atoms with van der Waals surface area (Å²) in [5.74, 6) is 0.870. The minimum Gasteiger partial charge on any atom is -0.309 e. The summed E-state index contributed by atoms with van der Waals surface area (Å²) in [5.41, 5.74) is 2.95. The van der Waals surface area contributed by atoms with Gasteiger partial charge in [0, 0.05) is 19.1 Å². The molecule has 0 spiro atoms. The van der Waals surface area contributed by atoms with E-state index in [4.69, 9.17) is 0 Å². The molecule has 3 rings (SSSR count). The van der Waals surface area contributed by atoms with Crippen LogP contribution in [0.15, 0.2) is 24.3 Å². The van der Waals surface area contributed by atoms with E-state index in [0.29, 0.717) is 6.04 Å². The van der Waals surface area contributed by atoms with Crippen LogP contribution in [0.5, 0.6) is 0 Å². The number of piperidine rings is 1. The van der Waals surface area contributed by atoms with Gasteiger partial charge in [0.15, 0.2) is 0 Å². The Hall–Kier alpha value is -0.860. The Morgan fingerprint density at radius 3 is 2.45 bits per heavy atom. The van der Waals surface area contributed by atoms with Gasteiger partial charge in [-0.1, -0.05) is 30.7 Å². The maximum absolute atomic E-state index is 3.67. The zero-order valence-corrected chi connectivity index (χ0v) is 12.8. The van der Waals surface area contributed by atoms with Crippen molar-refractivity contribution in [3.63, 3.8) is 0 Å². The minimum atomic E-state index is 0.580. The molecule has 0 bridgehead atoms. The molecule has 2 heteroatoms. The summed E-state index contributed by atoms with van der Waals surface area (Å²) in [7, 11) is 0. The molecule has 1 atom stereocenters. The van der Waals surface area contributed by atoms with E-state index in [0.717, 1.165) is 12.5 Å². The molecule has 1 heterocycles. The van der Waals surface area contributed by atoms with Crippen LogP contribution < -0.4 is 5.32 Å². The second-order valence-electron chi connectivity index (χ2n) is 6.66. The average Bonchev–Trinajstić information content (AvgIpc) is 3.31. The molecule has 1 unspecified atom stereocenters. The Morgan fingerprint density at radius 1 is 1.10 bits per heavy atom. The highest BCUT2D eigenvalue weighted by Gasteiger charge is 2.22. The second kappa shape index (κ2) is 6.73. The molecule has 1 N–H and O–H groups in total. The first-order valence-electron chi connectivity index (χ1n) is 8.36. The number of hydrogen-bond donors (Lipinski definition) is 1. The van der Waals surface area contributed by atoms with E-state index in [-0.39, 0.29) is 0 Å². The van der Waals surface area contributed by atoms with Gasteiger partial charge in [0.2, 0.25) is 0 Å². The quantitative estimate of drug-likeness (QED) is 0.852. The lowest BCUT2D eigenvalue weighted by Crippen LogP contribution is -2.41. The van der Waals surface area contributed by atoms with E-state index in [1.54, 1.807) is 0 Å². The normalized spacial score (nSPS) is 21.9. The summed E-state index contributed by atoms with van der Waals surface area (Å²) in [6.45, 7) is 7.09. The molecule has 0 radical (unpaired) electrons. The highest BCUT2D eigenvalue weighted by atomic mass is 15.1. The first kappa shape index (κ1) is 14.1. The van der Waals surface area contributed by atoms with Crippen LogP contribution in [0.25, 0.3) is 0 Å².